The smallest absolute Gasteiger partial charge is 0.115 e. The average Bonchev–Trinajstić information content (AvgIpc) is 2.68. The Morgan fingerprint density at radius 3 is 1.86 bits per heavy atom. The van der Waals surface area contributed by atoms with Crippen LogP contribution in [0.2, 0.25) is 0 Å². The molecule has 2 aliphatic rings. The van der Waals surface area contributed by atoms with Gasteiger partial charge in [0.15, 0.2) is 0 Å². The first-order valence-corrected chi connectivity index (χ1v) is 11.1. The van der Waals surface area contributed by atoms with Crippen molar-refractivity contribution >= 4 is 21.6 Å². The number of phenolic OH excluding ortho intramolecular Hbond substituents is 1. The summed E-state index contributed by atoms with van der Waals surface area (Å²) in [6.45, 7) is 12.7. The number of piperazine rings is 1. The van der Waals surface area contributed by atoms with Gasteiger partial charge in [0.2, 0.25) is 0 Å². The van der Waals surface area contributed by atoms with Crippen molar-refractivity contribution in [1.29, 1.82) is 0 Å². The lowest BCUT2D eigenvalue weighted by molar-refractivity contribution is -0.307. The summed E-state index contributed by atoms with van der Waals surface area (Å²) in [6.07, 6.45) is 0. The monoisotopic (exact) mass is 458 g/mol. The molecule has 156 valence electrons. The van der Waals surface area contributed by atoms with E-state index in [-0.39, 0.29) is 22.6 Å². The first-order valence-electron chi connectivity index (χ1n) is 10.4. The van der Waals surface area contributed by atoms with E-state index in [1.54, 1.807) is 12.1 Å². The number of aromatic hydroxyl groups is 1. The Morgan fingerprint density at radius 1 is 0.828 bits per heavy atom. The molecule has 0 aromatic heterocycles. The molecule has 4 nitrogen and oxygen atoms in total. The van der Waals surface area contributed by atoms with Crippen molar-refractivity contribution in [1.82, 2.24) is 4.90 Å². The van der Waals surface area contributed by atoms with Gasteiger partial charge >= 0.3 is 0 Å². The highest BCUT2D eigenvalue weighted by Gasteiger charge is 2.73. The second-order valence-electron chi connectivity index (χ2n) is 9.60. The molecule has 29 heavy (non-hydrogen) atoms. The number of halogens is 1. The molecule has 0 radical (unpaired) electrons. The minimum Gasteiger partial charge on any atom is -0.508 e. The Kier molecular flexibility index (Phi) is 5.00. The molecule has 1 aliphatic heterocycles. The third-order valence-corrected chi connectivity index (χ3v) is 7.92. The van der Waals surface area contributed by atoms with Crippen LogP contribution in [0.3, 0.4) is 0 Å². The maximum Gasteiger partial charge on any atom is 0.115 e. The Bertz CT molecular complexity index is 853. The molecule has 4 rings (SSSR count). The number of aliphatic hydroxyl groups is 1. The quantitative estimate of drug-likeness (QED) is 0.705. The van der Waals surface area contributed by atoms with Crippen molar-refractivity contribution in [2.24, 2.45) is 10.8 Å². The fourth-order valence-corrected chi connectivity index (χ4v) is 6.56. The summed E-state index contributed by atoms with van der Waals surface area (Å²) in [4.78, 5) is 5.00. The minimum atomic E-state index is -0.943. The molecular weight excluding hydrogens is 428 g/mol. The average molecular weight is 459 g/mol. The third kappa shape index (κ3) is 3.01. The molecule has 1 saturated carbocycles. The molecule has 2 aromatic rings. The molecule has 0 amide bonds. The summed E-state index contributed by atoms with van der Waals surface area (Å²) in [5.74, 6) is 0.230. The minimum absolute atomic E-state index is 0.230. The van der Waals surface area contributed by atoms with Crippen LogP contribution in [0.15, 0.2) is 53.0 Å². The summed E-state index contributed by atoms with van der Waals surface area (Å²) in [5, 5.41) is 21.5. The number of hydrogen-bond donors (Lipinski definition) is 2. The van der Waals surface area contributed by atoms with E-state index in [0.29, 0.717) is 0 Å². The summed E-state index contributed by atoms with van der Waals surface area (Å²) < 4.78 is 1.10. The normalized spacial score (nSPS) is 28.8. The van der Waals surface area contributed by atoms with Crippen LogP contribution < -0.4 is 4.90 Å². The van der Waals surface area contributed by atoms with E-state index in [4.69, 9.17) is 0 Å². The fraction of sp³-hybridized carbons (Fsp3) is 0.500. The first kappa shape index (κ1) is 20.7. The summed E-state index contributed by atoms with van der Waals surface area (Å²) in [5.41, 5.74) is 0.609. The first-order chi connectivity index (χ1) is 13.6. The molecular formula is C24H31BrN2O2. The van der Waals surface area contributed by atoms with Crippen LogP contribution in [0.5, 0.6) is 5.75 Å². The number of anilines is 1. The van der Waals surface area contributed by atoms with E-state index >= 15 is 0 Å². The van der Waals surface area contributed by atoms with Crippen molar-refractivity contribution in [3.05, 3.63) is 58.6 Å². The van der Waals surface area contributed by atoms with Gasteiger partial charge in [-0.25, -0.2) is 0 Å². The van der Waals surface area contributed by atoms with Gasteiger partial charge in [-0.05, 0) is 42.0 Å². The standard InChI is InChI=1S/C24H31BrN2O2/c1-22(2)21(23(3,4)24(22,29)17-5-11-20(28)12-6-17)27-15-13-26(14-16-27)19-9-7-18(25)8-10-19/h5-12,21,28-29H,13-16H2,1-4H3. The summed E-state index contributed by atoms with van der Waals surface area (Å²) in [7, 11) is 0. The van der Waals surface area contributed by atoms with Gasteiger partial charge < -0.3 is 15.1 Å². The van der Waals surface area contributed by atoms with Crippen molar-refractivity contribution in [2.75, 3.05) is 31.1 Å². The number of nitrogens with zero attached hydrogens (tertiary/aromatic N) is 2. The summed E-state index contributed by atoms with van der Waals surface area (Å²) in [6, 6.07) is 15.9. The lowest BCUT2D eigenvalue weighted by Gasteiger charge is -2.72. The molecule has 2 aromatic carbocycles. The summed E-state index contributed by atoms with van der Waals surface area (Å²) >= 11 is 3.51. The zero-order chi connectivity index (χ0) is 21.0. The van der Waals surface area contributed by atoms with E-state index in [0.717, 1.165) is 36.2 Å². The second-order valence-corrected chi connectivity index (χ2v) is 10.5. The highest BCUT2D eigenvalue weighted by atomic mass is 79.9. The molecule has 1 aliphatic carbocycles. The number of phenols is 1. The van der Waals surface area contributed by atoms with E-state index in [1.807, 2.05) is 12.1 Å². The Morgan fingerprint density at radius 2 is 1.34 bits per heavy atom. The molecule has 0 atom stereocenters. The van der Waals surface area contributed by atoms with Crippen LogP contribution in [0.25, 0.3) is 0 Å². The zero-order valence-corrected chi connectivity index (χ0v) is 19.3. The largest absolute Gasteiger partial charge is 0.508 e. The highest BCUT2D eigenvalue weighted by molar-refractivity contribution is 9.10. The van der Waals surface area contributed by atoms with Crippen molar-refractivity contribution < 1.29 is 10.2 Å². The van der Waals surface area contributed by atoms with Gasteiger partial charge in [0.05, 0.1) is 0 Å². The molecule has 0 bridgehead atoms. The van der Waals surface area contributed by atoms with Crippen LogP contribution in [-0.2, 0) is 5.60 Å². The molecule has 2 N–H and O–H groups in total. The second kappa shape index (κ2) is 7.00. The van der Waals surface area contributed by atoms with E-state index in [2.05, 4.69) is 77.7 Å². The van der Waals surface area contributed by atoms with Gasteiger partial charge in [0, 0.05) is 53.2 Å². The SMILES string of the molecule is CC1(C)C(N2CCN(c3ccc(Br)cc3)CC2)C(C)(C)C1(O)c1ccc(O)cc1. The lowest BCUT2D eigenvalue weighted by Crippen LogP contribution is -2.79. The van der Waals surface area contributed by atoms with E-state index < -0.39 is 5.60 Å². The van der Waals surface area contributed by atoms with Crippen molar-refractivity contribution in [3.63, 3.8) is 0 Å². The van der Waals surface area contributed by atoms with Gasteiger partial charge in [0.25, 0.3) is 0 Å². The van der Waals surface area contributed by atoms with Crippen LogP contribution >= 0.6 is 15.9 Å². The van der Waals surface area contributed by atoms with Crippen LogP contribution in [0.1, 0.15) is 33.3 Å². The van der Waals surface area contributed by atoms with Gasteiger partial charge in [-0.1, -0.05) is 55.8 Å². The van der Waals surface area contributed by atoms with Gasteiger partial charge in [0.1, 0.15) is 11.4 Å². The topological polar surface area (TPSA) is 46.9 Å². The highest BCUT2D eigenvalue weighted by Crippen LogP contribution is 2.68. The maximum absolute atomic E-state index is 11.9. The molecule has 0 spiro atoms. The molecule has 2 fully saturated rings. The molecule has 0 unspecified atom stereocenters. The van der Waals surface area contributed by atoms with Crippen LogP contribution in [0.4, 0.5) is 5.69 Å². The van der Waals surface area contributed by atoms with E-state index in [1.165, 1.54) is 5.69 Å². The van der Waals surface area contributed by atoms with Crippen molar-refractivity contribution in [3.8, 4) is 5.75 Å². The molecule has 1 saturated heterocycles. The van der Waals surface area contributed by atoms with Crippen LogP contribution in [-0.4, -0.2) is 47.3 Å². The predicted molar refractivity (Wildman–Crippen MR) is 121 cm³/mol. The van der Waals surface area contributed by atoms with Crippen molar-refractivity contribution in [2.45, 2.75) is 39.3 Å². The van der Waals surface area contributed by atoms with Gasteiger partial charge in [-0.2, -0.15) is 0 Å². The Balaban J connectivity index is 1.53. The predicted octanol–water partition coefficient (Wildman–Crippen LogP) is 4.60. The number of hydrogen-bond acceptors (Lipinski definition) is 4. The number of benzene rings is 2. The molecule has 5 heteroatoms. The number of rotatable bonds is 3. The maximum atomic E-state index is 11.9. The van der Waals surface area contributed by atoms with Gasteiger partial charge in [-0.3, -0.25) is 4.90 Å². The Labute approximate surface area is 182 Å². The van der Waals surface area contributed by atoms with E-state index in [9.17, 15) is 10.2 Å². The zero-order valence-electron chi connectivity index (χ0n) is 17.7. The van der Waals surface area contributed by atoms with Gasteiger partial charge in [-0.15, -0.1) is 0 Å². The third-order valence-electron chi connectivity index (χ3n) is 7.39. The Hall–Kier alpha value is -1.56. The van der Waals surface area contributed by atoms with Crippen LogP contribution in [0, 0.1) is 10.8 Å². The fourth-order valence-electron chi connectivity index (χ4n) is 6.30. The molecule has 1 heterocycles. The lowest BCUT2D eigenvalue weighted by atomic mass is 9.39.